The van der Waals surface area contributed by atoms with Crippen molar-refractivity contribution in [3.63, 3.8) is 0 Å². The van der Waals surface area contributed by atoms with Gasteiger partial charge in [-0.1, -0.05) is 35.7 Å². The van der Waals surface area contributed by atoms with Crippen LogP contribution >= 0.6 is 15.9 Å². The van der Waals surface area contributed by atoms with Crippen molar-refractivity contribution in [1.29, 1.82) is 0 Å². The second-order valence-electron chi connectivity index (χ2n) is 5.95. The lowest BCUT2D eigenvalue weighted by atomic mass is 10.0. The van der Waals surface area contributed by atoms with Gasteiger partial charge in [0.1, 0.15) is 0 Å². The van der Waals surface area contributed by atoms with Crippen molar-refractivity contribution in [2.24, 2.45) is 5.92 Å². The van der Waals surface area contributed by atoms with E-state index in [9.17, 15) is 4.79 Å². The van der Waals surface area contributed by atoms with Gasteiger partial charge in [0.2, 0.25) is 0 Å². The maximum atomic E-state index is 12.4. The van der Waals surface area contributed by atoms with E-state index in [1.54, 1.807) is 0 Å². The molecule has 2 unspecified atom stereocenters. The molecule has 1 saturated carbocycles. The number of amides is 1. The first-order valence-corrected chi connectivity index (χ1v) is 8.13. The zero-order valence-electron chi connectivity index (χ0n) is 12.2. The van der Waals surface area contributed by atoms with Gasteiger partial charge >= 0.3 is 0 Å². The van der Waals surface area contributed by atoms with Crippen molar-refractivity contribution in [2.45, 2.75) is 52.0 Å². The highest BCUT2D eigenvalue weighted by molar-refractivity contribution is 9.10. The van der Waals surface area contributed by atoms with Gasteiger partial charge in [-0.15, -0.1) is 0 Å². The Labute approximate surface area is 129 Å². The van der Waals surface area contributed by atoms with E-state index in [2.05, 4.69) is 28.2 Å². The first-order valence-electron chi connectivity index (χ1n) is 7.34. The molecule has 1 fully saturated rings. The summed E-state index contributed by atoms with van der Waals surface area (Å²) in [5.41, 5.74) is 8.11. The Kier molecular flexibility index (Phi) is 5.08. The second-order valence-corrected chi connectivity index (χ2v) is 6.87. The van der Waals surface area contributed by atoms with Crippen LogP contribution in [0, 0.1) is 12.8 Å². The smallest absolute Gasteiger partial charge is 0.251 e. The summed E-state index contributed by atoms with van der Waals surface area (Å²) < 4.78 is 0.847. The summed E-state index contributed by atoms with van der Waals surface area (Å²) in [6.07, 6.45) is 5.83. The molecule has 110 valence electrons. The van der Waals surface area contributed by atoms with Gasteiger partial charge in [0, 0.05) is 21.8 Å². The fourth-order valence-corrected chi connectivity index (χ4v) is 3.31. The number of rotatable bonds is 2. The summed E-state index contributed by atoms with van der Waals surface area (Å²) in [6.45, 7) is 4.19. The van der Waals surface area contributed by atoms with Crippen molar-refractivity contribution < 1.29 is 4.79 Å². The molecule has 0 saturated heterocycles. The quantitative estimate of drug-likeness (QED) is 0.631. The Hall–Kier alpha value is -1.03. The minimum Gasteiger partial charge on any atom is -0.398 e. The van der Waals surface area contributed by atoms with E-state index in [0.29, 0.717) is 17.3 Å². The highest BCUT2D eigenvalue weighted by Crippen LogP contribution is 2.25. The van der Waals surface area contributed by atoms with Gasteiger partial charge in [0.15, 0.2) is 0 Å². The van der Waals surface area contributed by atoms with Crippen molar-refractivity contribution in [2.75, 3.05) is 5.73 Å². The number of benzene rings is 1. The van der Waals surface area contributed by atoms with Crippen molar-refractivity contribution in [1.82, 2.24) is 5.32 Å². The van der Waals surface area contributed by atoms with Crippen LogP contribution in [0.3, 0.4) is 0 Å². The molecule has 1 aromatic rings. The average Bonchev–Trinajstić information content (AvgIpc) is 2.59. The topological polar surface area (TPSA) is 55.1 Å². The molecule has 1 aliphatic rings. The molecular formula is C16H23BrN2O. The Morgan fingerprint density at radius 2 is 2.05 bits per heavy atom. The molecule has 0 bridgehead atoms. The number of nitrogens with two attached hydrogens (primary N) is 1. The van der Waals surface area contributed by atoms with Gasteiger partial charge in [0.05, 0.1) is 0 Å². The third kappa shape index (κ3) is 3.75. The summed E-state index contributed by atoms with van der Waals surface area (Å²) >= 11 is 3.40. The molecule has 2 atom stereocenters. The minimum atomic E-state index is -0.00458. The predicted molar refractivity (Wildman–Crippen MR) is 86.8 cm³/mol. The SMILES string of the molecule is Cc1c(N)cc(Br)cc1C(=O)NC1CCCC(C)CC1. The molecular weight excluding hydrogens is 316 g/mol. The summed E-state index contributed by atoms with van der Waals surface area (Å²) in [7, 11) is 0. The van der Waals surface area contributed by atoms with Gasteiger partial charge in [0.25, 0.3) is 5.91 Å². The molecule has 0 aromatic heterocycles. The normalized spacial score (nSPS) is 23.1. The third-order valence-corrected chi connectivity index (χ3v) is 4.71. The molecule has 0 spiro atoms. The van der Waals surface area contributed by atoms with Crippen LogP contribution in [0.2, 0.25) is 0 Å². The summed E-state index contributed by atoms with van der Waals surface area (Å²) in [4.78, 5) is 12.4. The van der Waals surface area contributed by atoms with E-state index in [1.165, 1.54) is 19.3 Å². The maximum absolute atomic E-state index is 12.4. The number of nitrogen functional groups attached to an aromatic ring is 1. The fourth-order valence-electron chi connectivity index (χ4n) is 2.83. The third-order valence-electron chi connectivity index (χ3n) is 4.25. The van der Waals surface area contributed by atoms with Gasteiger partial charge in [-0.2, -0.15) is 0 Å². The predicted octanol–water partition coefficient (Wildman–Crippen LogP) is 4.04. The van der Waals surface area contributed by atoms with Crippen LogP contribution in [-0.2, 0) is 0 Å². The molecule has 3 nitrogen and oxygen atoms in total. The van der Waals surface area contributed by atoms with Crippen LogP contribution in [0.1, 0.15) is 54.9 Å². The summed E-state index contributed by atoms with van der Waals surface area (Å²) in [5.74, 6) is 0.773. The zero-order valence-corrected chi connectivity index (χ0v) is 13.8. The Morgan fingerprint density at radius 1 is 1.30 bits per heavy atom. The first kappa shape index (κ1) is 15.4. The lowest BCUT2D eigenvalue weighted by molar-refractivity contribution is 0.0932. The maximum Gasteiger partial charge on any atom is 0.251 e. The number of carbonyl (C=O) groups excluding carboxylic acids is 1. The number of anilines is 1. The largest absolute Gasteiger partial charge is 0.398 e. The van der Waals surface area contributed by atoms with Gasteiger partial charge in [-0.25, -0.2) is 0 Å². The van der Waals surface area contributed by atoms with Gasteiger partial charge < -0.3 is 11.1 Å². The molecule has 0 radical (unpaired) electrons. The van der Waals surface area contributed by atoms with Crippen LogP contribution in [0.15, 0.2) is 16.6 Å². The van der Waals surface area contributed by atoms with Crippen LogP contribution in [-0.4, -0.2) is 11.9 Å². The van der Waals surface area contributed by atoms with Crippen LogP contribution in [0.25, 0.3) is 0 Å². The number of carbonyl (C=O) groups is 1. The molecule has 0 aliphatic heterocycles. The molecule has 1 aromatic carbocycles. The molecule has 2 rings (SSSR count). The highest BCUT2D eigenvalue weighted by atomic mass is 79.9. The van der Waals surface area contributed by atoms with E-state index in [-0.39, 0.29) is 5.91 Å². The molecule has 3 N–H and O–H groups in total. The minimum absolute atomic E-state index is 0.00458. The van der Waals surface area contributed by atoms with E-state index >= 15 is 0 Å². The van der Waals surface area contributed by atoms with Crippen LogP contribution in [0.4, 0.5) is 5.69 Å². The van der Waals surface area contributed by atoms with Crippen molar-refractivity contribution in [3.05, 3.63) is 27.7 Å². The summed E-state index contributed by atoms with van der Waals surface area (Å²) in [5, 5.41) is 3.18. The molecule has 4 heteroatoms. The zero-order chi connectivity index (χ0) is 14.7. The van der Waals surface area contributed by atoms with Crippen LogP contribution in [0.5, 0.6) is 0 Å². The standard InChI is InChI=1S/C16H23BrN2O/c1-10-4-3-5-13(7-6-10)19-16(20)14-8-12(17)9-15(18)11(14)2/h8-10,13H,3-7,18H2,1-2H3,(H,19,20). The van der Waals surface area contributed by atoms with E-state index in [1.807, 2.05) is 19.1 Å². The Balaban J connectivity index is 2.08. The lowest BCUT2D eigenvalue weighted by Crippen LogP contribution is -2.35. The van der Waals surface area contributed by atoms with Gasteiger partial charge in [-0.3, -0.25) is 4.79 Å². The van der Waals surface area contributed by atoms with Gasteiger partial charge in [-0.05, 0) is 49.8 Å². The summed E-state index contributed by atoms with van der Waals surface area (Å²) in [6, 6.07) is 3.98. The molecule has 1 aliphatic carbocycles. The second kappa shape index (κ2) is 6.61. The van der Waals surface area contributed by atoms with Crippen molar-refractivity contribution in [3.8, 4) is 0 Å². The molecule has 20 heavy (non-hydrogen) atoms. The van der Waals surface area contributed by atoms with Crippen LogP contribution < -0.4 is 11.1 Å². The lowest BCUT2D eigenvalue weighted by Gasteiger charge is -2.18. The van der Waals surface area contributed by atoms with E-state index < -0.39 is 0 Å². The number of halogens is 1. The Morgan fingerprint density at radius 3 is 2.80 bits per heavy atom. The molecule has 1 amide bonds. The fraction of sp³-hybridized carbons (Fsp3) is 0.562. The number of nitrogens with one attached hydrogen (secondary N) is 1. The average molecular weight is 339 g/mol. The van der Waals surface area contributed by atoms with Crippen molar-refractivity contribution >= 4 is 27.5 Å². The van der Waals surface area contributed by atoms with E-state index in [0.717, 1.165) is 28.8 Å². The first-order chi connectivity index (χ1) is 9.47. The monoisotopic (exact) mass is 338 g/mol. The molecule has 0 heterocycles. The Bertz CT molecular complexity index is 501. The van der Waals surface area contributed by atoms with E-state index in [4.69, 9.17) is 5.73 Å². The number of hydrogen-bond acceptors (Lipinski definition) is 2. The number of hydrogen-bond donors (Lipinski definition) is 2. The highest BCUT2D eigenvalue weighted by Gasteiger charge is 2.20.